The minimum absolute atomic E-state index is 0.205. The van der Waals surface area contributed by atoms with Crippen LogP contribution in [0.3, 0.4) is 0 Å². The number of benzene rings is 19. The second-order valence-corrected chi connectivity index (χ2v) is 26.7. The summed E-state index contributed by atoms with van der Waals surface area (Å²) >= 11 is 0. The molecule has 105 heavy (non-hydrogen) atoms. The van der Waals surface area contributed by atoms with E-state index in [4.69, 9.17) is 20.1 Å². The molecule has 0 aliphatic heterocycles. The van der Waals surface area contributed by atoms with E-state index in [1.165, 1.54) is 104 Å². The first-order valence-corrected chi connectivity index (χ1v) is 35.5. The molecule has 0 spiro atoms. The van der Waals surface area contributed by atoms with Crippen molar-refractivity contribution in [3.05, 3.63) is 388 Å². The first kappa shape index (κ1) is 55.9. The second kappa shape index (κ2) is 25.6. The zero-order chi connectivity index (χ0) is 73.7. The quantitative estimate of drug-likeness (QED) is 0.149. The van der Waals surface area contributed by atoms with Crippen molar-refractivity contribution >= 4 is 130 Å². The van der Waals surface area contributed by atoms with Crippen LogP contribution in [0.2, 0.25) is 0 Å². The number of para-hydroxylation sites is 4. The Morgan fingerprint density at radius 1 is 0.171 bits per heavy atom. The maximum absolute atomic E-state index is 8.72. The molecule has 22 aromatic rings. The van der Waals surface area contributed by atoms with Crippen LogP contribution in [0.25, 0.3) is 208 Å². The summed E-state index contributed by atoms with van der Waals surface area (Å²) in [6.45, 7) is 0. The molecule has 0 saturated carbocycles. The smallest absolute Gasteiger partial charge is 0.143 e. The van der Waals surface area contributed by atoms with Crippen molar-refractivity contribution in [2.45, 2.75) is 0 Å². The number of fused-ring (bicyclic) bond motifs is 15. The van der Waals surface area contributed by atoms with Gasteiger partial charge in [0.15, 0.2) is 0 Å². The second-order valence-electron chi connectivity index (χ2n) is 26.7. The lowest BCUT2D eigenvalue weighted by atomic mass is 9.85. The number of rotatable bonds is 7. The van der Waals surface area contributed by atoms with Gasteiger partial charge in [-0.3, -0.25) is 0 Å². The molecule has 3 aromatic heterocycles. The van der Waals surface area contributed by atoms with Gasteiger partial charge < -0.3 is 13.3 Å². The van der Waals surface area contributed by atoms with Gasteiger partial charge in [-0.1, -0.05) is 352 Å². The summed E-state index contributed by atoms with van der Waals surface area (Å²) in [6.07, 6.45) is 0. The Labute approximate surface area is 613 Å². The molecule has 0 N–H and O–H groups in total. The topological polar surface area (TPSA) is 39.4 Å². The summed E-state index contributed by atoms with van der Waals surface area (Å²) in [7, 11) is 0. The molecule has 0 aliphatic rings. The lowest BCUT2D eigenvalue weighted by molar-refractivity contribution is 0.668. The third kappa shape index (κ3) is 10.3. The summed E-state index contributed by atoms with van der Waals surface area (Å²) in [5.41, 5.74) is 20.5. The van der Waals surface area contributed by atoms with Gasteiger partial charge in [0.2, 0.25) is 0 Å². The van der Waals surface area contributed by atoms with E-state index in [1.54, 1.807) is 0 Å². The van der Waals surface area contributed by atoms with Gasteiger partial charge >= 0.3 is 0 Å². The summed E-state index contributed by atoms with van der Waals surface area (Å²) < 4.78 is 60.8. The minimum atomic E-state index is -0.398. The Morgan fingerprint density at radius 2 is 0.476 bits per heavy atom. The summed E-state index contributed by atoms with van der Waals surface area (Å²) in [5.74, 6) is 0. The molecule has 3 heterocycles. The molecule has 0 atom stereocenters. The maximum atomic E-state index is 8.72. The first-order valence-electron chi connectivity index (χ1n) is 38.0. The third-order valence-corrected chi connectivity index (χ3v) is 20.9. The monoisotopic (exact) mass is 1340 g/mol. The van der Waals surface area contributed by atoms with Gasteiger partial charge in [-0.15, -0.1) is 0 Å². The van der Waals surface area contributed by atoms with E-state index in [0.29, 0.717) is 5.56 Å². The first-order chi connectivity index (χ1) is 54.2. The maximum Gasteiger partial charge on any atom is 0.143 e. The molecule has 0 radical (unpaired) electrons. The van der Waals surface area contributed by atoms with Crippen molar-refractivity contribution in [1.82, 2.24) is 0 Å². The molecule has 22 rings (SSSR count). The van der Waals surface area contributed by atoms with Crippen molar-refractivity contribution in [2.24, 2.45) is 0 Å². The van der Waals surface area contributed by atoms with Gasteiger partial charge in [0.25, 0.3) is 0 Å². The molecule has 3 heteroatoms. The standard InChI is InChI=1S/C38H24O.2C32H20O/c1-2-10-26(11-3-1)37-30-13-4-6-15-32(30)38(33-16-7-5-14-31(33)37)27-20-18-25(19-21-27)28-22-23-36-34(24-28)29-12-8-9-17-35(29)39-36;1-2-11-21(12-3-1)30-23-14-4-6-16-25(23)31(26-17-7-5-15-24(26)30)28-19-10-18-27-22-13-8-9-20-29(22)33-32(27)28;1-2-11-21(12-3-1)30-22-13-4-6-15-24(22)31(25-16-7-5-14-23(25)30)27-18-10-20-29-32(27)26-17-8-9-19-28(26)33-29/h1-24H;2*1-20H/i;1D,2D,3D,11D,12D;. The van der Waals surface area contributed by atoms with Gasteiger partial charge in [0.05, 0.1) is 6.85 Å². The fourth-order valence-electron chi connectivity index (χ4n) is 16.4. The highest BCUT2D eigenvalue weighted by molar-refractivity contribution is 6.28. The Morgan fingerprint density at radius 3 is 0.962 bits per heavy atom. The lowest BCUT2D eigenvalue weighted by Crippen LogP contribution is -1.91. The van der Waals surface area contributed by atoms with Crippen LogP contribution in [0.1, 0.15) is 6.85 Å². The van der Waals surface area contributed by atoms with Gasteiger partial charge in [-0.25, -0.2) is 0 Å². The molecule has 0 aliphatic carbocycles. The van der Waals surface area contributed by atoms with Gasteiger partial charge in [-0.2, -0.15) is 0 Å². The largest absolute Gasteiger partial charge is 0.456 e. The van der Waals surface area contributed by atoms with E-state index in [-0.39, 0.29) is 29.7 Å². The van der Waals surface area contributed by atoms with E-state index in [1.807, 2.05) is 97.1 Å². The fraction of sp³-hybridized carbons (Fsp3) is 0. The van der Waals surface area contributed by atoms with E-state index in [9.17, 15) is 0 Å². The van der Waals surface area contributed by atoms with Gasteiger partial charge in [-0.05, 0) is 168 Å². The number of furan rings is 3. The Balaban J connectivity index is 0.000000108. The summed E-state index contributed by atoms with van der Waals surface area (Å²) in [5, 5.41) is 20.3. The Kier molecular flexibility index (Phi) is 13.6. The van der Waals surface area contributed by atoms with Crippen molar-refractivity contribution in [3.63, 3.8) is 0 Å². The third-order valence-electron chi connectivity index (χ3n) is 20.9. The molecule has 490 valence electrons. The number of hydrogen-bond donors (Lipinski definition) is 0. The van der Waals surface area contributed by atoms with E-state index in [2.05, 4.69) is 261 Å². The zero-order valence-electron chi connectivity index (χ0n) is 61.8. The van der Waals surface area contributed by atoms with Crippen LogP contribution >= 0.6 is 0 Å². The molecule has 0 unspecified atom stereocenters. The van der Waals surface area contributed by atoms with Crippen molar-refractivity contribution in [1.29, 1.82) is 0 Å². The average Bonchev–Trinajstić information content (AvgIpc) is 1.32. The highest BCUT2D eigenvalue weighted by Crippen LogP contribution is 2.50. The van der Waals surface area contributed by atoms with Gasteiger partial charge in [0, 0.05) is 43.4 Å². The molecule has 0 amide bonds. The van der Waals surface area contributed by atoms with Crippen LogP contribution in [0.15, 0.2) is 401 Å². The van der Waals surface area contributed by atoms with Crippen LogP contribution in [0.5, 0.6) is 0 Å². The zero-order valence-corrected chi connectivity index (χ0v) is 56.8. The van der Waals surface area contributed by atoms with Crippen LogP contribution in [-0.2, 0) is 0 Å². The Bertz CT molecular complexity index is 7260. The molecule has 19 aromatic carbocycles. The molecular weight excluding hydrogens is 1270 g/mol. The number of hydrogen-bond acceptors (Lipinski definition) is 3. The van der Waals surface area contributed by atoms with Crippen LogP contribution in [0, 0.1) is 0 Å². The van der Waals surface area contributed by atoms with Crippen LogP contribution in [-0.4, -0.2) is 0 Å². The van der Waals surface area contributed by atoms with Crippen LogP contribution in [0.4, 0.5) is 0 Å². The predicted octanol–water partition coefficient (Wildman–Crippen LogP) is 29.3. The van der Waals surface area contributed by atoms with E-state index in [0.717, 1.165) is 93.1 Å². The van der Waals surface area contributed by atoms with Crippen LogP contribution < -0.4 is 0 Å². The van der Waals surface area contributed by atoms with Gasteiger partial charge in [0.1, 0.15) is 33.5 Å². The highest BCUT2D eigenvalue weighted by atomic mass is 16.3. The Hall–Kier alpha value is -13.9. The van der Waals surface area contributed by atoms with Crippen molar-refractivity contribution < 1.29 is 20.1 Å². The normalized spacial score (nSPS) is 12.3. The van der Waals surface area contributed by atoms with Crippen molar-refractivity contribution in [2.75, 3.05) is 0 Å². The molecule has 0 bridgehead atoms. The minimum Gasteiger partial charge on any atom is -0.456 e. The highest BCUT2D eigenvalue weighted by Gasteiger charge is 2.24. The SMILES string of the molecule is [2H]c1c([2H])c([2H])c(-c2c3ccccc3c(-c3cccc4c3oc3ccccc34)c3ccccc23)c([2H])c1[2H].c1ccc(-c2c3ccccc3c(-c3ccc(-c4ccc5oc6ccccc6c5c4)cc3)c3ccccc23)cc1.c1ccc(-c2c3ccccc3c(-c3cccc4oc5ccccc5c34)c3ccccc23)cc1. The average molecular weight is 1340 g/mol. The molecule has 3 nitrogen and oxygen atoms in total. The lowest BCUT2D eigenvalue weighted by Gasteiger charge is -2.18. The fourth-order valence-corrected chi connectivity index (χ4v) is 16.4. The van der Waals surface area contributed by atoms with E-state index < -0.39 is 6.04 Å². The predicted molar refractivity (Wildman–Crippen MR) is 444 cm³/mol. The van der Waals surface area contributed by atoms with E-state index >= 15 is 0 Å². The summed E-state index contributed by atoms with van der Waals surface area (Å²) in [4.78, 5) is 0. The molecule has 0 fully saturated rings. The summed E-state index contributed by atoms with van der Waals surface area (Å²) in [6, 6.07) is 124. The van der Waals surface area contributed by atoms with Crippen molar-refractivity contribution in [3.8, 4) is 77.9 Å². The molecule has 0 saturated heterocycles. The molecular formula is C102H64O3.